The molecule has 0 spiro atoms. The van der Waals surface area contributed by atoms with E-state index < -0.39 is 0 Å². The largest absolute Gasteiger partial charge is 0.353 e. The molecular weight excluding hydrogens is 152 g/mol. The van der Waals surface area contributed by atoms with Gasteiger partial charge in [-0.3, -0.25) is 4.79 Å². The smallest absolute Gasteiger partial charge is 0.220 e. The van der Waals surface area contributed by atoms with E-state index in [0.29, 0.717) is 13.0 Å². The highest BCUT2D eigenvalue weighted by atomic mass is 16.1. The van der Waals surface area contributed by atoms with Gasteiger partial charge in [-0.25, -0.2) is 0 Å². The summed E-state index contributed by atoms with van der Waals surface area (Å²) in [6, 6.07) is 0.272. The molecule has 0 heterocycles. The highest BCUT2D eigenvalue weighted by molar-refractivity contribution is 5.76. The summed E-state index contributed by atoms with van der Waals surface area (Å²) in [6.07, 6.45) is 3.38. The molecule has 0 aromatic rings. The Kier molecular flexibility index (Phi) is 6.76. The molecule has 0 fully saturated rings. The summed E-state index contributed by atoms with van der Waals surface area (Å²) in [7, 11) is 0. The van der Waals surface area contributed by atoms with E-state index in [1.807, 2.05) is 6.92 Å². The van der Waals surface area contributed by atoms with E-state index >= 15 is 0 Å². The Labute approximate surface area is 74.7 Å². The average molecular weight is 172 g/mol. The Hall–Kier alpha value is -0.570. The fourth-order valence-electron chi connectivity index (χ4n) is 1.11. The van der Waals surface area contributed by atoms with Crippen LogP contribution < -0.4 is 11.1 Å². The van der Waals surface area contributed by atoms with Crippen LogP contribution in [0, 0.1) is 0 Å². The molecule has 12 heavy (non-hydrogen) atoms. The lowest BCUT2D eigenvalue weighted by atomic mass is 10.1. The van der Waals surface area contributed by atoms with E-state index in [1.165, 1.54) is 0 Å². The van der Waals surface area contributed by atoms with Gasteiger partial charge in [0.1, 0.15) is 0 Å². The van der Waals surface area contributed by atoms with Crippen LogP contribution in [0.3, 0.4) is 0 Å². The van der Waals surface area contributed by atoms with Gasteiger partial charge in [0, 0.05) is 12.5 Å². The molecule has 0 aliphatic carbocycles. The van der Waals surface area contributed by atoms with E-state index in [4.69, 9.17) is 5.73 Å². The van der Waals surface area contributed by atoms with Crippen LogP contribution in [0.5, 0.6) is 0 Å². The molecule has 1 atom stereocenters. The van der Waals surface area contributed by atoms with Gasteiger partial charge >= 0.3 is 0 Å². The van der Waals surface area contributed by atoms with Crippen molar-refractivity contribution in [3.8, 4) is 0 Å². The maximum Gasteiger partial charge on any atom is 0.220 e. The molecule has 0 aromatic heterocycles. The molecule has 0 radical (unpaired) electrons. The van der Waals surface area contributed by atoms with Crippen molar-refractivity contribution in [1.82, 2.24) is 5.32 Å². The third-order valence-corrected chi connectivity index (χ3v) is 1.85. The van der Waals surface area contributed by atoms with Crippen molar-refractivity contribution in [3.63, 3.8) is 0 Å². The maximum atomic E-state index is 11.1. The van der Waals surface area contributed by atoms with Gasteiger partial charge in [0.05, 0.1) is 0 Å². The molecule has 1 unspecified atom stereocenters. The number of nitrogens with two attached hydrogens (primary N) is 1. The molecule has 3 nitrogen and oxygen atoms in total. The van der Waals surface area contributed by atoms with Crippen LogP contribution in [0.25, 0.3) is 0 Å². The van der Waals surface area contributed by atoms with Crippen molar-refractivity contribution >= 4 is 5.91 Å². The fraction of sp³-hybridized carbons (Fsp3) is 0.889. The SMILES string of the molecule is CCCC(=O)NC(CC)CCN. The van der Waals surface area contributed by atoms with Crippen LogP contribution in [-0.2, 0) is 4.79 Å². The highest BCUT2D eigenvalue weighted by Crippen LogP contribution is 1.97. The van der Waals surface area contributed by atoms with Crippen LogP contribution >= 0.6 is 0 Å². The molecular formula is C9H20N2O. The first-order chi connectivity index (χ1) is 5.74. The summed E-state index contributed by atoms with van der Waals surface area (Å²) in [6.45, 7) is 4.71. The third-order valence-electron chi connectivity index (χ3n) is 1.85. The van der Waals surface area contributed by atoms with Crippen LogP contribution in [0.2, 0.25) is 0 Å². The van der Waals surface area contributed by atoms with Crippen LogP contribution in [-0.4, -0.2) is 18.5 Å². The number of carbonyl (C=O) groups excluding carboxylic acids is 1. The molecule has 0 bridgehead atoms. The zero-order chi connectivity index (χ0) is 9.40. The predicted molar refractivity (Wildman–Crippen MR) is 50.8 cm³/mol. The topological polar surface area (TPSA) is 55.1 Å². The van der Waals surface area contributed by atoms with Crippen molar-refractivity contribution in [1.29, 1.82) is 0 Å². The van der Waals surface area contributed by atoms with E-state index in [0.717, 1.165) is 19.3 Å². The van der Waals surface area contributed by atoms with E-state index in [-0.39, 0.29) is 11.9 Å². The van der Waals surface area contributed by atoms with Gasteiger partial charge in [-0.2, -0.15) is 0 Å². The number of nitrogens with one attached hydrogen (secondary N) is 1. The van der Waals surface area contributed by atoms with Gasteiger partial charge in [-0.15, -0.1) is 0 Å². The predicted octanol–water partition coefficient (Wildman–Crippen LogP) is 1.03. The molecule has 0 rings (SSSR count). The number of carbonyl (C=O) groups is 1. The number of rotatable bonds is 6. The second-order valence-corrected chi connectivity index (χ2v) is 3.00. The maximum absolute atomic E-state index is 11.1. The summed E-state index contributed by atoms with van der Waals surface area (Å²) < 4.78 is 0. The van der Waals surface area contributed by atoms with E-state index in [2.05, 4.69) is 12.2 Å². The Bertz CT molecular complexity index is 126. The van der Waals surface area contributed by atoms with Gasteiger partial charge in [0.15, 0.2) is 0 Å². The fourth-order valence-corrected chi connectivity index (χ4v) is 1.11. The zero-order valence-electron chi connectivity index (χ0n) is 8.10. The zero-order valence-corrected chi connectivity index (χ0v) is 8.10. The molecule has 0 saturated carbocycles. The van der Waals surface area contributed by atoms with Crippen LogP contribution in [0.15, 0.2) is 0 Å². The molecule has 3 heteroatoms. The Morgan fingerprint density at radius 1 is 1.50 bits per heavy atom. The molecule has 0 aromatic carbocycles. The van der Waals surface area contributed by atoms with Gasteiger partial charge in [0.2, 0.25) is 5.91 Å². The summed E-state index contributed by atoms with van der Waals surface area (Å²) in [5.41, 5.74) is 5.40. The van der Waals surface area contributed by atoms with Gasteiger partial charge in [-0.1, -0.05) is 13.8 Å². The first-order valence-corrected chi connectivity index (χ1v) is 4.74. The van der Waals surface area contributed by atoms with Gasteiger partial charge < -0.3 is 11.1 Å². The first kappa shape index (κ1) is 11.4. The number of amides is 1. The quantitative estimate of drug-likeness (QED) is 0.628. The third kappa shape index (κ3) is 5.13. The van der Waals surface area contributed by atoms with E-state index in [9.17, 15) is 4.79 Å². The lowest BCUT2D eigenvalue weighted by molar-refractivity contribution is -0.121. The minimum atomic E-state index is 0.151. The van der Waals surface area contributed by atoms with Crippen molar-refractivity contribution in [2.24, 2.45) is 5.73 Å². The first-order valence-electron chi connectivity index (χ1n) is 4.74. The van der Waals surface area contributed by atoms with Crippen LogP contribution in [0.4, 0.5) is 0 Å². The Balaban J connectivity index is 3.61. The average Bonchev–Trinajstić information content (AvgIpc) is 2.04. The standard InChI is InChI=1S/C9H20N2O/c1-3-5-9(12)11-8(4-2)6-7-10/h8H,3-7,10H2,1-2H3,(H,11,12). The summed E-state index contributed by atoms with van der Waals surface area (Å²) in [5.74, 6) is 0.151. The van der Waals surface area contributed by atoms with Crippen LogP contribution in [0.1, 0.15) is 39.5 Å². The van der Waals surface area contributed by atoms with Gasteiger partial charge in [0.25, 0.3) is 0 Å². The summed E-state index contributed by atoms with van der Waals surface area (Å²) in [5, 5.41) is 2.95. The Morgan fingerprint density at radius 3 is 2.58 bits per heavy atom. The molecule has 0 aliphatic heterocycles. The second-order valence-electron chi connectivity index (χ2n) is 3.00. The van der Waals surface area contributed by atoms with E-state index in [1.54, 1.807) is 0 Å². The normalized spacial score (nSPS) is 12.6. The monoisotopic (exact) mass is 172 g/mol. The lowest BCUT2D eigenvalue weighted by Gasteiger charge is -2.15. The van der Waals surface area contributed by atoms with Crippen molar-refractivity contribution in [2.45, 2.75) is 45.6 Å². The molecule has 3 N–H and O–H groups in total. The summed E-state index contributed by atoms with van der Waals surface area (Å²) >= 11 is 0. The number of hydrogen-bond acceptors (Lipinski definition) is 2. The molecule has 1 amide bonds. The Morgan fingerprint density at radius 2 is 2.17 bits per heavy atom. The van der Waals surface area contributed by atoms with Crippen molar-refractivity contribution in [2.75, 3.05) is 6.54 Å². The lowest BCUT2D eigenvalue weighted by Crippen LogP contribution is -2.35. The summed E-state index contributed by atoms with van der Waals surface area (Å²) in [4.78, 5) is 11.1. The minimum Gasteiger partial charge on any atom is -0.353 e. The van der Waals surface area contributed by atoms with Crippen molar-refractivity contribution in [3.05, 3.63) is 0 Å². The molecule has 0 aliphatic rings. The highest BCUT2D eigenvalue weighted by Gasteiger charge is 2.07. The molecule has 72 valence electrons. The van der Waals surface area contributed by atoms with Crippen molar-refractivity contribution < 1.29 is 4.79 Å². The molecule has 0 saturated heterocycles. The minimum absolute atomic E-state index is 0.151. The van der Waals surface area contributed by atoms with Gasteiger partial charge in [-0.05, 0) is 25.8 Å². The second kappa shape index (κ2) is 7.10. The number of hydrogen-bond donors (Lipinski definition) is 2.